The summed E-state index contributed by atoms with van der Waals surface area (Å²) >= 11 is 0. The maximum atomic E-state index is 11.2. The number of nitrogens with zero attached hydrogens (tertiary/aromatic N) is 3. The van der Waals surface area contributed by atoms with Crippen molar-refractivity contribution in [3.8, 4) is 5.75 Å². The van der Waals surface area contributed by atoms with Crippen molar-refractivity contribution in [1.82, 2.24) is 14.8 Å². The minimum absolute atomic E-state index is 0.412. The van der Waals surface area contributed by atoms with Crippen LogP contribution in [0.15, 0.2) is 60.8 Å². The van der Waals surface area contributed by atoms with Crippen LogP contribution in [0.25, 0.3) is 21.7 Å². The lowest BCUT2D eigenvalue weighted by Gasteiger charge is -2.24. The topological polar surface area (TPSA) is 51.6 Å². The highest BCUT2D eigenvalue weighted by molar-refractivity contribution is 6.02. The molecule has 4 aromatic rings. The van der Waals surface area contributed by atoms with E-state index in [1.165, 1.54) is 10.8 Å². The Morgan fingerprint density at radius 2 is 1.32 bits per heavy atom. The second-order valence-electron chi connectivity index (χ2n) is 8.77. The van der Waals surface area contributed by atoms with E-state index in [-0.39, 0.29) is 0 Å². The number of hydrogen-bond donors (Lipinski definition) is 2. The zero-order valence-corrected chi connectivity index (χ0v) is 20.8. The molecule has 0 amide bonds. The van der Waals surface area contributed by atoms with Crippen LogP contribution in [0.1, 0.15) is 38.8 Å². The number of aromatic nitrogens is 1. The summed E-state index contributed by atoms with van der Waals surface area (Å²) in [5.74, 6) is 0.412. The molecule has 5 heteroatoms. The Morgan fingerprint density at radius 3 is 1.88 bits per heavy atom. The maximum Gasteiger partial charge on any atom is 0.124 e. The molecule has 178 valence electrons. The van der Waals surface area contributed by atoms with Crippen molar-refractivity contribution < 1.29 is 5.11 Å². The average molecular weight is 457 g/mol. The molecule has 34 heavy (non-hydrogen) atoms. The van der Waals surface area contributed by atoms with Gasteiger partial charge in [-0.3, -0.25) is 14.8 Å². The van der Waals surface area contributed by atoms with E-state index in [9.17, 15) is 5.11 Å². The Balaban J connectivity index is 1.77. The lowest BCUT2D eigenvalue weighted by molar-refractivity contribution is 0.281. The summed E-state index contributed by atoms with van der Waals surface area (Å²) in [5, 5.41) is 18.3. The third kappa shape index (κ3) is 5.16. The van der Waals surface area contributed by atoms with Gasteiger partial charge in [-0.05, 0) is 67.3 Å². The highest BCUT2D eigenvalue weighted by Crippen LogP contribution is 2.33. The molecular formula is C29H36N4O. The molecule has 0 bridgehead atoms. The molecule has 3 aromatic carbocycles. The second kappa shape index (κ2) is 10.9. The first-order chi connectivity index (χ1) is 16.6. The lowest BCUT2D eigenvalue weighted by atomic mass is 10.0. The molecule has 0 aliphatic rings. The first kappa shape index (κ1) is 24.0. The Labute approximate surface area is 203 Å². The Morgan fingerprint density at radius 1 is 0.765 bits per heavy atom. The van der Waals surface area contributed by atoms with Gasteiger partial charge in [-0.2, -0.15) is 0 Å². The number of phenolic OH excluding ortho intramolecular Hbond substituents is 1. The van der Waals surface area contributed by atoms with Crippen molar-refractivity contribution in [2.45, 2.75) is 40.8 Å². The summed E-state index contributed by atoms with van der Waals surface area (Å²) in [6.07, 6.45) is 1.85. The molecular weight excluding hydrogens is 420 g/mol. The molecule has 0 saturated carbocycles. The van der Waals surface area contributed by atoms with Crippen LogP contribution in [0.4, 0.5) is 11.4 Å². The van der Waals surface area contributed by atoms with Crippen LogP contribution in [-0.2, 0) is 13.1 Å². The van der Waals surface area contributed by atoms with Gasteiger partial charge >= 0.3 is 0 Å². The number of anilines is 2. The molecule has 0 unspecified atom stereocenters. The predicted molar refractivity (Wildman–Crippen MR) is 144 cm³/mol. The zero-order chi connectivity index (χ0) is 24.1. The van der Waals surface area contributed by atoms with E-state index in [0.29, 0.717) is 5.75 Å². The summed E-state index contributed by atoms with van der Waals surface area (Å²) < 4.78 is 0. The van der Waals surface area contributed by atoms with Crippen LogP contribution in [0.5, 0.6) is 5.75 Å². The zero-order valence-electron chi connectivity index (χ0n) is 20.8. The number of benzene rings is 3. The fraction of sp³-hybridized carbons (Fsp3) is 0.345. The summed E-state index contributed by atoms with van der Waals surface area (Å²) in [7, 11) is 0. The Bertz CT molecular complexity index is 1230. The van der Waals surface area contributed by atoms with Crippen molar-refractivity contribution in [3.63, 3.8) is 0 Å². The molecule has 5 nitrogen and oxygen atoms in total. The number of aromatic hydroxyl groups is 1. The normalized spacial score (nSPS) is 11.7. The van der Waals surface area contributed by atoms with Crippen molar-refractivity contribution in [3.05, 3.63) is 71.9 Å². The van der Waals surface area contributed by atoms with E-state index in [0.717, 1.165) is 72.7 Å². The first-order valence-corrected chi connectivity index (χ1v) is 12.4. The molecule has 4 rings (SSSR count). The van der Waals surface area contributed by atoms with E-state index < -0.39 is 0 Å². The molecule has 0 saturated heterocycles. The van der Waals surface area contributed by atoms with Gasteiger partial charge in [0, 0.05) is 47.2 Å². The number of fused-ring (bicyclic) bond motifs is 2. The summed E-state index contributed by atoms with van der Waals surface area (Å²) in [4.78, 5) is 9.27. The van der Waals surface area contributed by atoms with Crippen LogP contribution >= 0.6 is 0 Å². The minimum Gasteiger partial charge on any atom is -0.507 e. The van der Waals surface area contributed by atoms with Crippen molar-refractivity contribution >= 4 is 33.1 Å². The molecule has 0 aliphatic heterocycles. The van der Waals surface area contributed by atoms with E-state index >= 15 is 0 Å². The molecule has 0 radical (unpaired) electrons. The van der Waals surface area contributed by atoms with Crippen molar-refractivity contribution in [1.29, 1.82) is 0 Å². The van der Waals surface area contributed by atoms with E-state index in [1.807, 2.05) is 12.3 Å². The smallest absolute Gasteiger partial charge is 0.124 e. The SMILES string of the molecule is CCN(CC)Cc1cc(Nc2ccnc3cc4ccccc4cc23)cc(CN(CC)CC)c1O. The minimum atomic E-state index is 0.412. The summed E-state index contributed by atoms with van der Waals surface area (Å²) in [6.45, 7) is 13.9. The van der Waals surface area contributed by atoms with Crippen LogP contribution in [0, 0.1) is 0 Å². The summed E-state index contributed by atoms with van der Waals surface area (Å²) in [5.41, 5.74) is 4.89. The van der Waals surface area contributed by atoms with Crippen LogP contribution in [-0.4, -0.2) is 46.1 Å². The molecule has 0 atom stereocenters. The number of hydrogen-bond acceptors (Lipinski definition) is 5. The fourth-order valence-electron chi connectivity index (χ4n) is 4.55. The number of pyridine rings is 1. The van der Waals surface area contributed by atoms with Crippen molar-refractivity contribution in [2.24, 2.45) is 0 Å². The summed E-state index contributed by atoms with van der Waals surface area (Å²) in [6, 6.07) is 18.9. The largest absolute Gasteiger partial charge is 0.507 e. The number of nitrogens with one attached hydrogen (secondary N) is 1. The highest BCUT2D eigenvalue weighted by Gasteiger charge is 2.15. The maximum absolute atomic E-state index is 11.2. The van der Waals surface area contributed by atoms with Gasteiger partial charge in [-0.1, -0.05) is 52.0 Å². The average Bonchev–Trinajstić information content (AvgIpc) is 2.87. The first-order valence-electron chi connectivity index (χ1n) is 12.4. The molecule has 1 heterocycles. The van der Waals surface area contributed by atoms with Crippen molar-refractivity contribution in [2.75, 3.05) is 31.5 Å². The van der Waals surface area contributed by atoms with Gasteiger partial charge in [0.05, 0.1) is 5.52 Å². The van der Waals surface area contributed by atoms with Crippen LogP contribution in [0.2, 0.25) is 0 Å². The van der Waals surface area contributed by atoms with E-state index in [4.69, 9.17) is 0 Å². The van der Waals surface area contributed by atoms with Gasteiger partial charge in [0.1, 0.15) is 5.75 Å². The Kier molecular flexibility index (Phi) is 7.66. The van der Waals surface area contributed by atoms with E-state index in [1.54, 1.807) is 0 Å². The standard InChI is InChI=1S/C29H36N4O/c1-5-32(6-2)19-23-15-25(16-24(29(23)34)20-33(7-3)8-4)31-27-13-14-30-28-18-22-12-10-9-11-21(22)17-26(27)28/h9-18,34H,5-8,19-20H2,1-4H3,(H,30,31). The molecule has 0 fully saturated rings. The molecule has 0 spiro atoms. The lowest BCUT2D eigenvalue weighted by Crippen LogP contribution is -2.24. The quantitative estimate of drug-likeness (QED) is 0.210. The molecule has 1 aromatic heterocycles. The van der Waals surface area contributed by atoms with Gasteiger partial charge < -0.3 is 10.4 Å². The van der Waals surface area contributed by atoms with Gasteiger partial charge in [0.25, 0.3) is 0 Å². The molecule has 0 aliphatic carbocycles. The second-order valence-corrected chi connectivity index (χ2v) is 8.77. The van der Waals surface area contributed by atoms with Gasteiger partial charge in [-0.15, -0.1) is 0 Å². The molecule has 2 N–H and O–H groups in total. The number of phenols is 1. The van der Waals surface area contributed by atoms with Gasteiger partial charge in [0.15, 0.2) is 0 Å². The Hall–Kier alpha value is -3.15. The van der Waals surface area contributed by atoms with E-state index in [2.05, 4.69) is 96.3 Å². The third-order valence-electron chi connectivity index (χ3n) is 6.73. The van der Waals surface area contributed by atoms with Gasteiger partial charge in [-0.25, -0.2) is 0 Å². The monoisotopic (exact) mass is 456 g/mol. The van der Waals surface area contributed by atoms with Gasteiger partial charge in [0.2, 0.25) is 0 Å². The van der Waals surface area contributed by atoms with Crippen LogP contribution < -0.4 is 5.32 Å². The fourth-order valence-corrected chi connectivity index (χ4v) is 4.55. The third-order valence-corrected chi connectivity index (χ3v) is 6.73. The van der Waals surface area contributed by atoms with Crippen LogP contribution in [0.3, 0.4) is 0 Å². The highest BCUT2D eigenvalue weighted by atomic mass is 16.3. The number of rotatable bonds is 10. The predicted octanol–water partition coefficient (Wildman–Crippen LogP) is 6.52.